The van der Waals surface area contributed by atoms with E-state index in [0.29, 0.717) is 34.5 Å². The molecule has 2 atom stereocenters. The molecule has 1 unspecified atom stereocenters. The van der Waals surface area contributed by atoms with E-state index in [-0.39, 0.29) is 30.3 Å². The van der Waals surface area contributed by atoms with E-state index in [9.17, 15) is 24.3 Å². The van der Waals surface area contributed by atoms with Crippen molar-refractivity contribution in [2.75, 3.05) is 30.5 Å². The van der Waals surface area contributed by atoms with Crippen LogP contribution in [0, 0.1) is 0 Å². The molecule has 1 saturated heterocycles. The monoisotopic (exact) mass is 1100 g/mol. The number of aromatic nitrogens is 3. The highest BCUT2D eigenvalue weighted by Gasteiger charge is 2.55. The van der Waals surface area contributed by atoms with Crippen LogP contribution in [-0.2, 0) is 52.2 Å². The summed E-state index contributed by atoms with van der Waals surface area (Å²) in [5, 5.41) is 21.8. The molecule has 5 heterocycles. The number of anilines is 1. The zero-order valence-electron chi connectivity index (χ0n) is 42.6. The number of pyridine rings is 1. The summed E-state index contributed by atoms with van der Waals surface area (Å²) in [6.45, 7) is 8.53. The first-order valence-electron chi connectivity index (χ1n) is 24.3. The van der Waals surface area contributed by atoms with Crippen molar-refractivity contribution >= 4 is 91.0 Å². The Labute approximate surface area is 456 Å². The van der Waals surface area contributed by atoms with Gasteiger partial charge in [-0.05, 0) is 74.6 Å². The van der Waals surface area contributed by atoms with Crippen LogP contribution in [0.3, 0.4) is 0 Å². The SMILES string of the molecule is COc1ccc(COC(=O)C2=C(CSc3nc4c[n+](CCO)ccc4s3)CS[C@H]3C(NC(=O)/C(=N\OC(C)(C)C(=O)OC(C)(C)C)c4csc(NC(c5ccccc5)(c5ccccc5)c5ccccc5)n4)C(=O)N23)cc1. The van der Waals surface area contributed by atoms with Crippen LogP contribution in [0.15, 0.2) is 160 Å². The number of ether oxygens (including phenoxy) is 3. The Morgan fingerprint density at radius 1 is 0.882 bits per heavy atom. The molecular weight excluding hydrogens is 1040 g/mol. The molecule has 3 aromatic heterocycles. The molecule has 0 saturated carbocycles. The number of rotatable bonds is 20. The van der Waals surface area contributed by atoms with Gasteiger partial charge in [0.25, 0.3) is 11.8 Å². The summed E-state index contributed by atoms with van der Waals surface area (Å²) in [5.41, 5.74) is 1.40. The summed E-state index contributed by atoms with van der Waals surface area (Å²) < 4.78 is 20.4. The first kappa shape index (κ1) is 53.7. The number of carbonyl (C=O) groups excluding carboxylic acids is 4. The van der Waals surface area contributed by atoms with Gasteiger partial charge in [0.15, 0.2) is 34.1 Å². The molecule has 2 aliphatic heterocycles. The highest BCUT2D eigenvalue weighted by Crippen LogP contribution is 2.44. The molecule has 1 fully saturated rings. The number of methoxy groups -OCH3 is 1. The maximum atomic E-state index is 14.8. The molecule has 0 aliphatic carbocycles. The smallest absolute Gasteiger partial charge is 0.355 e. The van der Waals surface area contributed by atoms with Crippen LogP contribution in [0.25, 0.3) is 10.2 Å². The van der Waals surface area contributed by atoms with Gasteiger partial charge in [0.2, 0.25) is 5.60 Å². The molecule has 4 aromatic carbocycles. The number of oxime groups is 1. The first-order chi connectivity index (χ1) is 36.6. The maximum absolute atomic E-state index is 14.8. The van der Waals surface area contributed by atoms with Gasteiger partial charge in [-0.2, -0.15) is 0 Å². The van der Waals surface area contributed by atoms with Crippen LogP contribution < -0.4 is 19.9 Å². The lowest BCUT2D eigenvalue weighted by Gasteiger charge is -2.49. The Balaban J connectivity index is 1.02. The molecule has 76 heavy (non-hydrogen) atoms. The summed E-state index contributed by atoms with van der Waals surface area (Å²) >= 11 is 5.58. The Morgan fingerprint density at radius 2 is 1.53 bits per heavy atom. The van der Waals surface area contributed by atoms with E-state index in [4.69, 9.17) is 29.0 Å². The third kappa shape index (κ3) is 11.8. The van der Waals surface area contributed by atoms with Crippen LogP contribution in [-0.4, -0.2) is 97.3 Å². The van der Waals surface area contributed by atoms with Crippen LogP contribution in [0.5, 0.6) is 5.75 Å². The Morgan fingerprint density at radius 3 is 2.13 bits per heavy atom. The van der Waals surface area contributed by atoms with Crippen LogP contribution >= 0.6 is 46.2 Å². The third-order valence-corrected chi connectivity index (χ3v) is 16.6. The van der Waals surface area contributed by atoms with Crippen molar-refractivity contribution in [3.63, 3.8) is 0 Å². The van der Waals surface area contributed by atoms with E-state index in [2.05, 4.69) is 15.8 Å². The number of hydrogen-bond acceptors (Lipinski definition) is 17. The molecule has 0 spiro atoms. The zero-order chi connectivity index (χ0) is 53.6. The zero-order valence-corrected chi connectivity index (χ0v) is 45.8. The minimum Gasteiger partial charge on any atom is -0.497 e. The summed E-state index contributed by atoms with van der Waals surface area (Å²) in [5.74, 6) is -1.44. The maximum Gasteiger partial charge on any atom is 0.355 e. The normalized spacial score (nSPS) is 15.9. The minimum absolute atomic E-state index is 0.00517. The minimum atomic E-state index is -1.66. The standard InChI is InChI=1S/C56H55N7O9S4/c1-54(2,3)71-51(68)55(4,5)72-61-44(42-34-74-52(57-42)60-56(37-16-10-7-11-17-37,38-18-12-8-13-19-38)39-20-14-9-15-21-39)47(65)59-45-48(66)63-46(50(67)70-31-35-22-24-40(69-6)25-23-35)36(32-73-49(45)63)33-75-53-58-41-30-62(28-29-64)27-26-43(41)76-53/h7-27,30,34,45,49,64H,28-29,31-33H2,1-6H3,(H-,57,59,60,65)/p+1/b61-44-/t45?,49-/m0/s1. The molecule has 2 amide bonds. The van der Waals surface area contributed by atoms with Gasteiger partial charge < -0.3 is 34.8 Å². The predicted molar refractivity (Wildman–Crippen MR) is 295 cm³/mol. The summed E-state index contributed by atoms with van der Waals surface area (Å²) in [4.78, 5) is 74.1. The summed E-state index contributed by atoms with van der Waals surface area (Å²) in [6, 6.07) is 37.9. The van der Waals surface area contributed by atoms with Gasteiger partial charge in [0, 0.05) is 23.0 Å². The van der Waals surface area contributed by atoms with Gasteiger partial charge in [-0.25, -0.2) is 24.1 Å². The Kier molecular flexibility index (Phi) is 16.3. The van der Waals surface area contributed by atoms with Gasteiger partial charge in [-0.1, -0.05) is 120 Å². The lowest BCUT2D eigenvalue weighted by molar-refractivity contribution is -0.696. The lowest BCUT2D eigenvalue weighted by Crippen LogP contribution is -2.71. The second-order valence-electron chi connectivity index (χ2n) is 19.2. The number of β-lactam (4-membered cyclic amide) rings is 1. The fraction of sp³-hybridized carbons (Fsp3) is 0.286. The second kappa shape index (κ2) is 23.0. The number of nitrogens with one attached hydrogen (secondary N) is 2. The molecule has 392 valence electrons. The fourth-order valence-electron chi connectivity index (χ4n) is 8.48. The molecule has 3 N–H and O–H groups in total. The largest absolute Gasteiger partial charge is 0.497 e. The molecule has 2 aliphatic rings. The van der Waals surface area contributed by atoms with Crippen molar-refractivity contribution in [1.82, 2.24) is 20.2 Å². The Hall–Kier alpha value is -7.10. The van der Waals surface area contributed by atoms with Crippen molar-refractivity contribution in [1.29, 1.82) is 0 Å². The number of thioether (sulfide) groups is 2. The number of benzene rings is 4. The highest BCUT2D eigenvalue weighted by atomic mass is 32.2. The summed E-state index contributed by atoms with van der Waals surface area (Å²) in [6.07, 6.45) is 3.77. The first-order valence-corrected chi connectivity index (χ1v) is 28.0. The fourth-order valence-corrected chi connectivity index (χ4v) is 12.7. The van der Waals surface area contributed by atoms with Crippen LogP contribution in [0.4, 0.5) is 5.13 Å². The number of aliphatic hydroxyl groups excluding tert-OH is 1. The highest BCUT2D eigenvalue weighted by molar-refractivity contribution is 8.02. The number of carbonyl (C=O) groups is 4. The van der Waals surface area contributed by atoms with Gasteiger partial charge >= 0.3 is 11.9 Å². The number of fused-ring (bicyclic) bond motifs is 2. The average molecular weight is 1100 g/mol. The van der Waals surface area contributed by atoms with E-state index >= 15 is 0 Å². The number of esters is 2. The number of hydrogen-bond donors (Lipinski definition) is 3. The topological polar surface area (TPSA) is 195 Å². The molecule has 16 nitrogen and oxygen atoms in total. The molecule has 20 heteroatoms. The van der Waals surface area contributed by atoms with Crippen molar-refractivity contribution in [3.8, 4) is 5.75 Å². The quantitative estimate of drug-likeness (QED) is 0.0125. The molecular formula is C56H56N7O9S4+. The van der Waals surface area contributed by atoms with Crippen molar-refractivity contribution in [2.24, 2.45) is 5.16 Å². The van der Waals surface area contributed by atoms with Crippen molar-refractivity contribution < 1.29 is 47.9 Å². The number of nitrogens with zero attached hydrogens (tertiary/aromatic N) is 5. The van der Waals surface area contributed by atoms with Gasteiger partial charge in [0.1, 0.15) is 58.4 Å². The number of amides is 2. The van der Waals surface area contributed by atoms with Crippen molar-refractivity contribution in [3.05, 3.63) is 178 Å². The average Bonchev–Trinajstić information content (AvgIpc) is 4.10. The van der Waals surface area contributed by atoms with Gasteiger partial charge in [-0.3, -0.25) is 14.5 Å². The number of thiazole rings is 2. The number of aliphatic hydroxyl groups is 1. The second-order valence-corrected chi connectivity index (χ2v) is 23.4. The van der Waals surface area contributed by atoms with Crippen LogP contribution in [0.2, 0.25) is 0 Å². The lowest BCUT2D eigenvalue weighted by atomic mass is 9.77. The Bertz CT molecular complexity index is 3190. The molecule has 7 aromatic rings. The summed E-state index contributed by atoms with van der Waals surface area (Å²) in [7, 11) is 1.57. The van der Waals surface area contributed by atoms with E-state index < -0.39 is 51.9 Å². The molecule has 0 bridgehead atoms. The third-order valence-electron chi connectivity index (χ3n) is 12.3. The van der Waals surface area contributed by atoms with E-state index in [1.54, 1.807) is 57.5 Å². The van der Waals surface area contributed by atoms with E-state index in [1.807, 2.05) is 114 Å². The molecule has 9 rings (SSSR count). The van der Waals surface area contributed by atoms with Crippen molar-refractivity contribution in [2.45, 2.75) is 80.3 Å². The van der Waals surface area contributed by atoms with E-state index in [1.165, 1.54) is 64.9 Å². The van der Waals surface area contributed by atoms with Gasteiger partial charge in [-0.15, -0.1) is 34.4 Å². The van der Waals surface area contributed by atoms with Gasteiger partial charge in [0.05, 0.1) is 11.8 Å². The van der Waals surface area contributed by atoms with E-state index in [0.717, 1.165) is 36.8 Å². The molecule has 0 radical (unpaired) electrons. The predicted octanol–water partition coefficient (Wildman–Crippen LogP) is 8.48. The van der Waals surface area contributed by atoms with Crippen LogP contribution in [0.1, 0.15) is 62.6 Å².